The Morgan fingerprint density at radius 2 is 0.783 bits per heavy atom. The molecule has 0 fully saturated rings. The number of benzene rings is 11. The van der Waals surface area contributed by atoms with Crippen molar-refractivity contribution < 1.29 is 0 Å². The van der Waals surface area contributed by atoms with Crippen molar-refractivity contribution in [2.45, 2.75) is 0 Å². The third-order valence-corrected chi connectivity index (χ3v) is 12.2. The molecule has 0 saturated carbocycles. The molecule has 0 bridgehead atoms. The summed E-state index contributed by atoms with van der Waals surface area (Å²) in [5, 5.41) is 12.5. The first kappa shape index (κ1) is 35.4. The lowest BCUT2D eigenvalue weighted by atomic mass is 9.84. The van der Waals surface area contributed by atoms with Crippen LogP contribution in [-0.4, -0.2) is 7.05 Å². The predicted octanol–water partition coefficient (Wildman–Crippen LogP) is 16.4. The van der Waals surface area contributed by atoms with E-state index in [0.717, 1.165) is 5.69 Å². The Bertz CT molecular complexity index is 3450. The fourth-order valence-corrected chi connectivity index (χ4v) is 9.13. The quantitative estimate of drug-likeness (QED) is 0.115. The van der Waals surface area contributed by atoms with E-state index < -0.39 is 0 Å². The Balaban J connectivity index is 1.03. The van der Waals surface area contributed by atoms with Gasteiger partial charge in [-0.25, -0.2) is 0 Å². The highest BCUT2D eigenvalue weighted by Gasteiger charge is 2.18. The number of hydrogen-bond donors (Lipinski definition) is 0. The van der Waals surface area contributed by atoms with Gasteiger partial charge in [0.05, 0.1) is 0 Å². The van der Waals surface area contributed by atoms with Crippen LogP contribution in [0.2, 0.25) is 0 Å². The summed E-state index contributed by atoms with van der Waals surface area (Å²) < 4.78 is 0. The van der Waals surface area contributed by atoms with E-state index in [1.807, 2.05) is 0 Å². The smallest absolute Gasteiger partial charge is 0.0481 e. The van der Waals surface area contributed by atoms with Crippen molar-refractivity contribution in [1.82, 2.24) is 0 Å². The minimum Gasteiger partial charge on any atom is -0.344 e. The number of nitrogens with zero attached hydrogens (tertiary/aromatic N) is 1. The van der Waals surface area contributed by atoms with Crippen molar-refractivity contribution in [1.29, 1.82) is 0 Å². The topological polar surface area (TPSA) is 3.24 Å². The summed E-state index contributed by atoms with van der Waals surface area (Å²) in [5.74, 6) is 0. The van der Waals surface area contributed by atoms with Gasteiger partial charge in [-0.1, -0.05) is 182 Å². The Hall–Kier alpha value is -7.74. The van der Waals surface area contributed by atoms with Gasteiger partial charge in [-0.05, 0) is 147 Å². The molecule has 0 amide bonds. The van der Waals surface area contributed by atoms with Crippen LogP contribution in [0.4, 0.5) is 11.4 Å². The normalized spacial score (nSPS) is 11.7. The first-order chi connectivity index (χ1) is 29.6. The molecular weight excluding hydrogens is 723 g/mol. The highest BCUT2D eigenvalue weighted by molar-refractivity contribution is 6.22. The molecule has 11 rings (SSSR count). The second-order valence-corrected chi connectivity index (χ2v) is 15.8. The molecule has 0 aliphatic carbocycles. The molecule has 1 heteroatoms. The standard InChI is InChI=1S/C59H41N/c1-60(52-18-3-2-4-19-52)57-22-12-9-15-43(57)25-23-40-24-26-47-36-48(30-29-46(47)35-40)49-33-34-55-56(39-49)59(51-32-28-42-14-6-8-17-45(42)38-51)54-21-11-10-20-53(54)58(55)50-31-27-41-13-5-7-16-44(41)37-50/h2-39H,1H3/b25-23+. The molecule has 0 atom stereocenters. The van der Waals surface area contributed by atoms with E-state index in [0.29, 0.717) is 0 Å². The molecule has 0 saturated heterocycles. The number of para-hydroxylation sites is 2. The van der Waals surface area contributed by atoms with E-state index in [2.05, 4.69) is 242 Å². The number of fused-ring (bicyclic) bond motifs is 5. The summed E-state index contributed by atoms with van der Waals surface area (Å²) in [6.07, 6.45) is 4.45. The van der Waals surface area contributed by atoms with Gasteiger partial charge in [-0.3, -0.25) is 0 Å². The maximum atomic E-state index is 2.43. The maximum Gasteiger partial charge on any atom is 0.0481 e. The fraction of sp³-hybridized carbons (Fsp3) is 0.0169. The first-order valence-corrected chi connectivity index (χ1v) is 20.7. The van der Waals surface area contributed by atoms with Crippen molar-refractivity contribution in [2.75, 3.05) is 11.9 Å². The second kappa shape index (κ2) is 14.9. The lowest BCUT2D eigenvalue weighted by molar-refractivity contribution is 1.20. The molecule has 0 aromatic heterocycles. The van der Waals surface area contributed by atoms with Crippen LogP contribution in [0.15, 0.2) is 218 Å². The highest BCUT2D eigenvalue weighted by Crippen LogP contribution is 2.46. The van der Waals surface area contributed by atoms with Crippen LogP contribution in [0.25, 0.3) is 99.4 Å². The number of rotatable bonds is 7. The van der Waals surface area contributed by atoms with Crippen molar-refractivity contribution in [3.05, 3.63) is 230 Å². The summed E-state index contributed by atoms with van der Waals surface area (Å²) >= 11 is 0. The fourth-order valence-electron chi connectivity index (χ4n) is 9.13. The van der Waals surface area contributed by atoms with Gasteiger partial charge in [-0.15, -0.1) is 0 Å². The van der Waals surface area contributed by atoms with E-state index in [1.54, 1.807) is 0 Å². The molecule has 11 aromatic carbocycles. The third kappa shape index (κ3) is 6.38. The van der Waals surface area contributed by atoms with E-state index in [4.69, 9.17) is 0 Å². The zero-order valence-corrected chi connectivity index (χ0v) is 33.4. The Kier molecular flexibility index (Phi) is 8.79. The molecule has 60 heavy (non-hydrogen) atoms. The van der Waals surface area contributed by atoms with E-state index in [-0.39, 0.29) is 0 Å². The summed E-state index contributed by atoms with van der Waals surface area (Å²) in [7, 11) is 2.13. The second-order valence-electron chi connectivity index (χ2n) is 15.8. The lowest BCUT2D eigenvalue weighted by Crippen LogP contribution is -2.10. The Morgan fingerprint density at radius 3 is 1.50 bits per heavy atom. The summed E-state index contributed by atoms with van der Waals surface area (Å²) in [5.41, 5.74) is 12.1. The van der Waals surface area contributed by atoms with Gasteiger partial charge < -0.3 is 4.90 Å². The molecule has 1 nitrogen and oxygen atoms in total. The number of hydrogen-bond acceptors (Lipinski definition) is 1. The predicted molar refractivity (Wildman–Crippen MR) is 260 cm³/mol. The van der Waals surface area contributed by atoms with Gasteiger partial charge in [0.1, 0.15) is 0 Å². The van der Waals surface area contributed by atoms with Crippen LogP contribution < -0.4 is 4.90 Å². The maximum absolute atomic E-state index is 2.43. The van der Waals surface area contributed by atoms with Gasteiger partial charge in [0.25, 0.3) is 0 Å². The minimum atomic E-state index is 1.16. The molecule has 0 aliphatic heterocycles. The highest BCUT2D eigenvalue weighted by atomic mass is 15.1. The summed E-state index contributed by atoms with van der Waals surface area (Å²) in [6.45, 7) is 0. The molecule has 0 unspecified atom stereocenters. The Morgan fingerprint density at radius 1 is 0.317 bits per heavy atom. The zero-order chi connectivity index (χ0) is 40.0. The van der Waals surface area contributed by atoms with Crippen LogP contribution in [0, 0.1) is 0 Å². The SMILES string of the molecule is CN(c1ccccc1)c1ccccc1/C=C/c1ccc2cc(-c3ccc4c(-c5ccc6ccccc6c5)c5ccccc5c(-c5ccc6ccccc6c5)c4c3)ccc2c1. The van der Waals surface area contributed by atoms with Gasteiger partial charge in [-0.2, -0.15) is 0 Å². The molecule has 0 radical (unpaired) electrons. The number of anilines is 2. The van der Waals surface area contributed by atoms with E-state index in [1.165, 1.54) is 104 Å². The molecule has 11 aromatic rings. The van der Waals surface area contributed by atoms with Crippen LogP contribution in [0.5, 0.6) is 0 Å². The average Bonchev–Trinajstić information content (AvgIpc) is 3.32. The zero-order valence-electron chi connectivity index (χ0n) is 33.4. The van der Waals surface area contributed by atoms with Crippen LogP contribution in [0.1, 0.15) is 11.1 Å². The Labute approximate surface area is 350 Å². The van der Waals surface area contributed by atoms with Gasteiger partial charge in [0.2, 0.25) is 0 Å². The molecule has 0 aliphatic rings. The van der Waals surface area contributed by atoms with E-state index >= 15 is 0 Å². The monoisotopic (exact) mass is 763 g/mol. The largest absolute Gasteiger partial charge is 0.344 e. The van der Waals surface area contributed by atoms with Crippen LogP contribution in [-0.2, 0) is 0 Å². The molecular formula is C59H41N. The summed E-state index contributed by atoms with van der Waals surface area (Å²) in [6, 6.07) is 80.0. The van der Waals surface area contributed by atoms with Crippen molar-refractivity contribution >= 4 is 77.4 Å². The molecule has 0 N–H and O–H groups in total. The van der Waals surface area contributed by atoms with Crippen molar-refractivity contribution in [2.24, 2.45) is 0 Å². The van der Waals surface area contributed by atoms with Gasteiger partial charge >= 0.3 is 0 Å². The molecule has 0 heterocycles. The third-order valence-electron chi connectivity index (χ3n) is 12.2. The average molecular weight is 764 g/mol. The molecule has 0 spiro atoms. The lowest BCUT2D eigenvalue weighted by Gasteiger charge is -2.21. The van der Waals surface area contributed by atoms with E-state index in [9.17, 15) is 0 Å². The van der Waals surface area contributed by atoms with Crippen LogP contribution in [0.3, 0.4) is 0 Å². The minimum absolute atomic E-state index is 1.16. The van der Waals surface area contributed by atoms with Gasteiger partial charge in [0.15, 0.2) is 0 Å². The molecule has 282 valence electrons. The van der Waals surface area contributed by atoms with Crippen LogP contribution >= 0.6 is 0 Å². The van der Waals surface area contributed by atoms with Crippen molar-refractivity contribution in [3.63, 3.8) is 0 Å². The van der Waals surface area contributed by atoms with Crippen molar-refractivity contribution in [3.8, 4) is 33.4 Å². The first-order valence-electron chi connectivity index (χ1n) is 20.7. The van der Waals surface area contributed by atoms with Gasteiger partial charge in [0, 0.05) is 18.4 Å². The summed E-state index contributed by atoms with van der Waals surface area (Å²) in [4.78, 5) is 2.24.